The number of carbonyl (C=O) groups excluding carboxylic acids is 1. The Morgan fingerprint density at radius 1 is 0.950 bits per heavy atom. The van der Waals surface area contributed by atoms with Crippen molar-refractivity contribution in [2.45, 2.75) is 33.4 Å². The summed E-state index contributed by atoms with van der Waals surface area (Å²) in [6, 6.07) is 24.3. The minimum absolute atomic E-state index is 0.218. The molecule has 1 aromatic heterocycles. The molecule has 0 saturated carbocycles. The molecule has 1 atom stereocenters. The fourth-order valence-electron chi connectivity index (χ4n) is 4.63. The van der Waals surface area contributed by atoms with Crippen LogP contribution < -0.4 is 24.4 Å². The van der Waals surface area contributed by atoms with E-state index >= 15 is 0 Å². The smallest absolute Gasteiger partial charge is 0.338 e. The largest absolute Gasteiger partial charge is 0.494 e. The fourth-order valence-corrected chi connectivity index (χ4v) is 5.67. The van der Waals surface area contributed by atoms with Gasteiger partial charge in [0, 0.05) is 5.56 Å². The van der Waals surface area contributed by atoms with E-state index in [9.17, 15) is 9.59 Å². The summed E-state index contributed by atoms with van der Waals surface area (Å²) in [5, 5.41) is 0. The maximum atomic E-state index is 13.9. The predicted octanol–water partition coefficient (Wildman–Crippen LogP) is 4.78. The van der Waals surface area contributed by atoms with Crippen molar-refractivity contribution in [1.29, 1.82) is 0 Å². The lowest BCUT2D eigenvalue weighted by Gasteiger charge is -2.24. The fraction of sp³-hybridized carbons (Fsp3) is 0.219. The normalized spacial score (nSPS) is 14.9. The van der Waals surface area contributed by atoms with Gasteiger partial charge in [0.25, 0.3) is 5.56 Å². The van der Waals surface area contributed by atoms with Crippen LogP contribution in [-0.2, 0) is 16.1 Å². The van der Waals surface area contributed by atoms with Gasteiger partial charge in [-0.25, -0.2) is 9.79 Å². The lowest BCUT2D eigenvalue weighted by atomic mass is 9.96. The number of fused-ring (bicyclic) bond motifs is 1. The molecule has 204 valence electrons. The number of carbonyl (C=O) groups is 1. The van der Waals surface area contributed by atoms with Crippen molar-refractivity contribution in [3.8, 4) is 11.5 Å². The first kappa shape index (κ1) is 27.1. The molecule has 0 saturated heterocycles. The third kappa shape index (κ3) is 5.62. The van der Waals surface area contributed by atoms with Gasteiger partial charge in [0.2, 0.25) is 0 Å². The van der Waals surface area contributed by atoms with Gasteiger partial charge >= 0.3 is 5.97 Å². The van der Waals surface area contributed by atoms with Gasteiger partial charge in [0.15, 0.2) is 4.80 Å². The van der Waals surface area contributed by atoms with E-state index in [0.29, 0.717) is 45.3 Å². The highest BCUT2D eigenvalue weighted by Gasteiger charge is 2.33. The molecular weight excluding hydrogens is 524 g/mol. The molecule has 1 aliphatic heterocycles. The van der Waals surface area contributed by atoms with Crippen molar-refractivity contribution in [2.75, 3.05) is 13.2 Å². The summed E-state index contributed by atoms with van der Waals surface area (Å²) < 4.78 is 19.2. The average Bonchev–Trinajstić information content (AvgIpc) is 3.27. The molecule has 0 unspecified atom stereocenters. The number of esters is 1. The lowest BCUT2D eigenvalue weighted by molar-refractivity contribution is -0.139. The molecule has 0 aliphatic carbocycles. The van der Waals surface area contributed by atoms with Crippen LogP contribution >= 0.6 is 11.3 Å². The van der Waals surface area contributed by atoms with Crippen LogP contribution in [0, 0.1) is 0 Å². The lowest BCUT2D eigenvalue weighted by Crippen LogP contribution is -2.39. The molecule has 2 heterocycles. The SMILES string of the molecule is CCOC(=O)C1=C(C)N=c2s/c(=C\c3ccccc3OCc3ccccc3)c(=O)n2[C@H]1c1ccc(OCC)cc1. The van der Waals surface area contributed by atoms with E-state index in [4.69, 9.17) is 14.2 Å². The Morgan fingerprint density at radius 3 is 2.40 bits per heavy atom. The third-order valence-corrected chi connectivity index (χ3v) is 7.45. The first-order chi connectivity index (χ1) is 19.5. The summed E-state index contributed by atoms with van der Waals surface area (Å²) in [7, 11) is 0. The number of thiazole rings is 1. The predicted molar refractivity (Wildman–Crippen MR) is 155 cm³/mol. The summed E-state index contributed by atoms with van der Waals surface area (Å²) in [4.78, 5) is 32.2. The van der Waals surface area contributed by atoms with Gasteiger partial charge < -0.3 is 14.2 Å². The van der Waals surface area contributed by atoms with Crippen LogP contribution in [0.4, 0.5) is 0 Å². The van der Waals surface area contributed by atoms with E-state index in [0.717, 1.165) is 16.7 Å². The second-order valence-electron chi connectivity index (χ2n) is 9.12. The second kappa shape index (κ2) is 12.2. The van der Waals surface area contributed by atoms with Crippen LogP contribution in [0.1, 0.15) is 43.5 Å². The Hall–Kier alpha value is -4.43. The van der Waals surface area contributed by atoms with Crippen LogP contribution in [0.5, 0.6) is 11.5 Å². The minimum Gasteiger partial charge on any atom is -0.494 e. The highest BCUT2D eigenvalue weighted by atomic mass is 32.1. The minimum atomic E-state index is -0.683. The number of aromatic nitrogens is 1. The first-order valence-electron chi connectivity index (χ1n) is 13.2. The molecule has 5 rings (SSSR count). The van der Waals surface area contributed by atoms with E-state index in [-0.39, 0.29) is 12.2 Å². The quantitative estimate of drug-likeness (QED) is 0.279. The molecule has 0 N–H and O–H groups in total. The molecule has 1 aliphatic rings. The van der Waals surface area contributed by atoms with Crippen LogP contribution in [0.3, 0.4) is 0 Å². The van der Waals surface area contributed by atoms with Gasteiger partial charge in [-0.15, -0.1) is 0 Å². The highest BCUT2D eigenvalue weighted by molar-refractivity contribution is 7.07. The van der Waals surface area contributed by atoms with Gasteiger partial charge in [-0.1, -0.05) is 72.0 Å². The zero-order valence-corrected chi connectivity index (χ0v) is 23.4. The molecule has 4 aromatic rings. The standard InChI is InChI=1S/C32H30N2O5S/c1-4-37-25-17-15-23(16-18-25)29-28(31(36)38-5-2)21(3)33-32-34(29)30(35)27(40-32)19-24-13-9-10-14-26(24)39-20-22-11-7-6-8-12-22/h6-19,29H,4-5,20H2,1-3H3/b27-19-/t29-/m0/s1. The van der Waals surface area contributed by atoms with Crippen molar-refractivity contribution in [3.63, 3.8) is 0 Å². The number of allylic oxidation sites excluding steroid dienone is 1. The van der Waals surface area contributed by atoms with E-state index < -0.39 is 12.0 Å². The molecule has 0 fully saturated rings. The van der Waals surface area contributed by atoms with E-state index in [1.54, 1.807) is 18.4 Å². The zero-order chi connectivity index (χ0) is 28.1. The van der Waals surface area contributed by atoms with Gasteiger partial charge in [-0.05, 0) is 56.2 Å². The molecular formula is C32H30N2O5S. The number of hydrogen-bond acceptors (Lipinski definition) is 7. The van der Waals surface area contributed by atoms with Crippen molar-refractivity contribution < 1.29 is 19.0 Å². The molecule has 3 aromatic carbocycles. The number of benzene rings is 3. The Kier molecular flexibility index (Phi) is 8.26. The monoisotopic (exact) mass is 554 g/mol. The second-order valence-corrected chi connectivity index (χ2v) is 10.1. The van der Waals surface area contributed by atoms with Crippen molar-refractivity contribution in [3.05, 3.63) is 127 Å². The van der Waals surface area contributed by atoms with E-state index in [1.165, 1.54) is 11.3 Å². The van der Waals surface area contributed by atoms with Crippen LogP contribution in [0.2, 0.25) is 0 Å². The number of ether oxygens (including phenoxy) is 3. The summed E-state index contributed by atoms with van der Waals surface area (Å²) in [5.41, 5.74) is 3.22. The first-order valence-corrected chi connectivity index (χ1v) is 14.0. The van der Waals surface area contributed by atoms with E-state index in [2.05, 4.69) is 4.99 Å². The van der Waals surface area contributed by atoms with Crippen molar-refractivity contribution >= 4 is 23.4 Å². The molecule has 0 spiro atoms. The summed E-state index contributed by atoms with van der Waals surface area (Å²) in [5.74, 6) is 0.893. The van der Waals surface area contributed by atoms with Gasteiger partial charge in [0.1, 0.15) is 18.1 Å². The van der Waals surface area contributed by atoms with Gasteiger partial charge in [-0.2, -0.15) is 0 Å². The van der Waals surface area contributed by atoms with Crippen LogP contribution in [0.15, 0.2) is 99.9 Å². The number of nitrogens with zero attached hydrogens (tertiary/aromatic N) is 2. The van der Waals surface area contributed by atoms with Gasteiger partial charge in [-0.3, -0.25) is 9.36 Å². The third-order valence-electron chi connectivity index (χ3n) is 6.47. The Labute approximate surface area is 236 Å². The zero-order valence-electron chi connectivity index (χ0n) is 22.6. The van der Waals surface area contributed by atoms with E-state index in [1.807, 2.05) is 91.9 Å². The maximum absolute atomic E-state index is 13.9. The molecule has 0 amide bonds. The summed E-state index contributed by atoms with van der Waals surface area (Å²) in [6.07, 6.45) is 1.82. The number of hydrogen-bond donors (Lipinski definition) is 0. The van der Waals surface area contributed by atoms with Gasteiger partial charge in [0.05, 0.1) is 35.1 Å². The van der Waals surface area contributed by atoms with Crippen molar-refractivity contribution in [2.24, 2.45) is 4.99 Å². The van der Waals surface area contributed by atoms with Crippen molar-refractivity contribution in [1.82, 2.24) is 4.57 Å². The summed E-state index contributed by atoms with van der Waals surface area (Å²) >= 11 is 1.28. The summed E-state index contributed by atoms with van der Waals surface area (Å²) in [6.45, 7) is 6.62. The number of para-hydroxylation sites is 1. The molecule has 0 radical (unpaired) electrons. The van der Waals surface area contributed by atoms with Crippen LogP contribution in [0.25, 0.3) is 6.08 Å². The maximum Gasteiger partial charge on any atom is 0.338 e. The topological polar surface area (TPSA) is 79.1 Å². The Balaban J connectivity index is 1.59. The van der Waals surface area contributed by atoms with Crippen LogP contribution in [-0.4, -0.2) is 23.8 Å². The average molecular weight is 555 g/mol. The molecule has 7 nitrogen and oxygen atoms in total. The molecule has 8 heteroatoms. The highest BCUT2D eigenvalue weighted by Crippen LogP contribution is 2.31. The Morgan fingerprint density at radius 2 is 1.68 bits per heavy atom. The molecule has 40 heavy (non-hydrogen) atoms. The number of rotatable bonds is 9. The molecule has 0 bridgehead atoms. The Bertz CT molecular complexity index is 1720.